The number of halogens is 1. The molecule has 0 amide bonds. The molecule has 0 aliphatic carbocycles. The smallest absolute Gasteiger partial charge is 0.258 e. The van der Waals surface area contributed by atoms with Crippen molar-refractivity contribution in [1.29, 1.82) is 0 Å². The summed E-state index contributed by atoms with van der Waals surface area (Å²) in [6, 6.07) is 12.9. The molecule has 0 saturated carbocycles. The SMILES string of the molecule is CC(C)Oc1ccc(-c2nc(-c3ccc4[nH]c(CCC(=O)[O-])cc4c3)no2)cc1Cl. The van der Waals surface area contributed by atoms with E-state index in [0.29, 0.717) is 34.5 Å². The topological polar surface area (TPSA) is 104 Å². The predicted octanol–water partition coefficient (Wildman–Crippen LogP) is 4.01. The quantitative estimate of drug-likeness (QED) is 0.480. The number of benzene rings is 2. The van der Waals surface area contributed by atoms with E-state index in [2.05, 4.69) is 15.1 Å². The average Bonchev–Trinajstić information content (AvgIpc) is 3.33. The van der Waals surface area contributed by atoms with Crippen molar-refractivity contribution in [3.05, 3.63) is 53.2 Å². The van der Waals surface area contributed by atoms with Crippen molar-refractivity contribution in [3.63, 3.8) is 0 Å². The maximum atomic E-state index is 10.7. The first-order chi connectivity index (χ1) is 14.4. The molecule has 4 aromatic rings. The molecule has 2 aromatic heterocycles. The van der Waals surface area contributed by atoms with Crippen molar-refractivity contribution in [2.45, 2.75) is 32.8 Å². The highest BCUT2D eigenvalue weighted by atomic mass is 35.5. The van der Waals surface area contributed by atoms with Crippen molar-refractivity contribution in [3.8, 4) is 28.6 Å². The third-order valence-electron chi connectivity index (χ3n) is 4.50. The lowest BCUT2D eigenvalue weighted by atomic mass is 10.1. The fraction of sp³-hybridized carbons (Fsp3) is 0.227. The van der Waals surface area contributed by atoms with Gasteiger partial charge >= 0.3 is 0 Å². The second-order valence-electron chi connectivity index (χ2n) is 7.20. The van der Waals surface area contributed by atoms with Gasteiger partial charge in [-0.25, -0.2) is 0 Å². The van der Waals surface area contributed by atoms with Crippen molar-refractivity contribution in [1.82, 2.24) is 15.1 Å². The highest BCUT2D eigenvalue weighted by Gasteiger charge is 2.14. The van der Waals surface area contributed by atoms with E-state index in [0.717, 1.165) is 22.2 Å². The zero-order chi connectivity index (χ0) is 21.3. The number of H-pyrrole nitrogens is 1. The molecule has 0 atom stereocenters. The minimum atomic E-state index is -1.07. The highest BCUT2D eigenvalue weighted by Crippen LogP contribution is 2.31. The van der Waals surface area contributed by atoms with E-state index in [-0.39, 0.29) is 12.5 Å². The Labute approximate surface area is 177 Å². The number of aliphatic carboxylic acids is 1. The van der Waals surface area contributed by atoms with E-state index >= 15 is 0 Å². The Morgan fingerprint density at radius 1 is 1.20 bits per heavy atom. The number of nitrogens with one attached hydrogen (secondary N) is 1. The fourth-order valence-corrected chi connectivity index (χ4v) is 3.37. The third-order valence-corrected chi connectivity index (χ3v) is 4.80. The van der Waals surface area contributed by atoms with Crippen molar-refractivity contribution in [2.24, 2.45) is 0 Å². The van der Waals surface area contributed by atoms with Gasteiger partial charge in [0, 0.05) is 33.7 Å². The molecule has 0 aliphatic rings. The molecular formula is C22H19ClN3O4-. The first kappa shape index (κ1) is 20.0. The van der Waals surface area contributed by atoms with Crippen LogP contribution in [0.25, 0.3) is 33.7 Å². The lowest BCUT2D eigenvalue weighted by Gasteiger charge is -2.11. The van der Waals surface area contributed by atoms with Gasteiger partial charge in [-0.3, -0.25) is 0 Å². The Morgan fingerprint density at radius 3 is 2.73 bits per heavy atom. The van der Waals surface area contributed by atoms with Crippen LogP contribution in [-0.2, 0) is 11.2 Å². The average molecular weight is 425 g/mol. The maximum Gasteiger partial charge on any atom is 0.258 e. The van der Waals surface area contributed by atoms with Crippen LogP contribution in [0, 0.1) is 0 Å². The number of carboxylic acid groups (broad SMARTS) is 1. The van der Waals surface area contributed by atoms with Crippen LogP contribution in [0.5, 0.6) is 5.75 Å². The number of hydrogen-bond acceptors (Lipinski definition) is 6. The van der Waals surface area contributed by atoms with Gasteiger partial charge in [-0.2, -0.15) is 4.98 Å². The van der Waals surface area contributed by atoms with Gasteiger partial charge in [0.15, 0.2) is 0 Å². The van der Waals surface area contributed by atoms with Gasteiger partial charge in [0.05, 0.1) is 11.1 Å². The molecule has 0 saturated heterocycles. The number of carboxylic acids is 1. The molecule has 2 heterocycles. The summed E-state index contributed by atoms with van der Waals surface area (Å²) in [5.41, 5.74) is 3.22. The Hall–Kier alpha value is -3.32. The fourth-order valence-electron chi connectivity index (χ4n) is 3.14. The first-order valence-corrected chi connectivity index (χ1v) is 9.89. The van der Waals surface area contributed by atoms with Crippen LogP contribution in [0.4, 0.5) is 0 Å². The molecule has 0 aliphatic heterocycles. The molecule has 0 bridgehead atoms. The van der Waals surface area contributed by atoms with Crippen LogP contribution in [0.15, 0.2) is 47.0 Å². The molecule has 1 N–H and O–H groups in total. The summed E-state index contributed by atoms with van der Waals surface area (Å²) in [6.45, 7) is 3.87. The van der Waals surface area contributed by atoms with Gasteiger partial charge in [-0.05, 0) is 69.2 Å². The lowest BCUT2D eigenvalue weighted by molar-refractivity contribution is -0.305. The molecule has 0 radical (unpaired) electrons. The van der Waals surface area contributed by atoms with Gasteiger partial charge in [0.1, 0.15) is 5.75 Å². The summed E-state index contributed by atoms with van der Waals surface area (Å²) in [6.07, 6.45) is 0.376. The van der Waals surface area contributed by atoms with E-state index in [4.69, 9.17) is 20.9 Å². The minimum absolute atomic E-state index is 0.0213. The van der Waals surface area contributed by atoms with E-state index in [1.807, 2.05) is 44.2 Å². The van der Waals surface area contributed by atoms with Crippen LogP contribution in [0.1, 0.15) is 26.0 Å². The maximum absolute atomic E-state index is 10.7. The van der Waals surface area contributed by atoms with Crippen LogP contribution >= 0.6 is 11.6 Å². The summed E-state index contributed by atoms with van der Waals surface area (Å²) >= 11 is 6.30. The van der Waals surface area contributed by atoms with E-state index in [9.17, 15) is 9.90 Å². The molecule has 30 heavy (non-hydrogen) atoms. The molecule has 0 unspecified atom stereocenters. The molecule has 0 spiro atoms. The van der Waals surface area contributed by atoms with Crippen LogP contribution in [0.3, 0.4) is 0 Å². The van der Waals surface area contributed by atoms with Crippen molar-refractivity contribution >= 4 is 28.5 Å². The summed E-state index contributed by atoms with van der Waals surface area (Å²) in [5, 5.41) is 16.2. The Bertz CT molecular complexity index is 1210. The highest BCUT2D eigenvalue weighted by molar-refractivity contribution is 6.32. The number of carbonyl (C=O) groups excluding carboxylic acids is 1. The van der Waals surface area contributed by atoms with E-state index in [1.165, 1.54) is 0 Å². The molecule has 154 valence electrons. The summed E-state index contributed by atoms with van der Waals surface area (Å²) in [7, 11) is 0. The number of aromatic nitrogens is 3. The standard InChI is InChI=1S/C22H20ClN3O4/c1-12(2)29-19-7-4-14(11-17(19)23)22-25-21(26-30-22)13-3-6-18-15(9-13)10-16(24-18)5-8-20(27)28/h3-4,6-7,9-12,24H,5,8H2,1-2H3,(H,27,28)/p-1. The predicted molar refractivity (Wildman–Crippen MR) is 111 cm³/mol. The van der Waals surface area contributed by atoms with Gasteiger partial charge in [0.25, 0.3) is 5.89 Å². The normalized spacial score (nSPS) is 11.3. The van der Waals surface area contributed by atoms with Crippen LogP contribution in [-0.4, -0.2) is 27.2 Å². The minimum Gasteiger partial charge on any atom is -0.550 e. The molecule has 7 nitrogen and oxygen atoms in total. The summed E-state index contributed by atoms with van der Waals surface area (Å²) in [5.74, 6) is 0.329. The first-order valence-electron chi connectivity index (χ1n) is 9.51. The summed E-state index contributed by atoms with van der Waals surface area (Å²) in [4.78, 5) is 18.4. The second kappa shape index (κ2) is 8.20. The summed E-state index contributed by atoms with van der Waals surface area (Å²) < 4.78 is 11.1. The molecule has 2 aromatic carbocycles. The Kier molecular flexibility index (Phi) is 5.46. The van der Waals surface area contributed by atoms with Crippen molar-refractivity contribution < 1.29 is 19.2 Å². The number of nitrogens with zero attached hydrogens (tertiary/aromatic N) is 2. The molecule has 4 rings (SSSR count). The second-order valence-corrected chi connectivity index (χ2v) is 7.61. The van der Waals surface area contributed by atoms with Crippen LogP contribution in [0.2, 0.25) is 5.02 Å². The molecular weight excluding hydrogens is 406 g/mol. The number of hydrogen-bond donors (Lipinski definition) is 1. The number of carbonyl (C=O) groups is 1. The molecule has 8 heteroatoms. The zero-order valence-corrected chi connectivity index (χ0v) is 17.2. The van der Waals surface area contributed by atoms with Crippen LogP contribution < -0.4 is 9.84 Å². The molecule has 0 fully saturated rings. The zero-order valence-electron chi connectivity index (χ0n) is 16.4. The van der Waals surface area contributed by atoms with Gasteiger partial charge in [0.2, 0.25) is 5.82 Å². The van der Waals surface area contributed by atoms with Gasteiger partial charge in [-0.15, -0.1) is 0 Å². The third kappa shape index (κ3) is 4.31. The number of aromatic amines is 1. The largest absolute Gasteiger partial charge is 0.550 e. The Morgan fingerprint density at radius 2 is 2.00 bits per heavy atom. The monoisotopic (exact) mass is 424 g/mol. The number of fused-ring (bicyclic) bond motifs is 1. The lowest BCUT2D eigenvalue weighted by Crippen LogP contribution is -2.22. The van der Waals surface area contributed by atoms with Gasteiger partial charge in [-0.1, -0.05) is 16.8 Å². The van der Waals surface area contributed by atoms with E-state index < -0.39 is 5.97 Å². The number of ether oxygens (including phenoxy) is 1. The van der Waals surface area contributed by atoms with Gasteiger partial charge < -0.3 is 24.1 Å². The van der Waals surface area contributed by atoms with E-state index in [1.54, 1.807) is 12.1 Å². The number of aryl methyl sites for hydroxylation is 1. The number of rotatable bonds is 7. The van der Waals surface area contributed by atoms with Crippen molar-refractivity contribution in [2.75, 3.05) is 0 Å². The Balaban J connectivity index is 1.58.